The number of benzene rings is 3. The van der Waals surface area contributed by atoms with Crippen molar-refractivity contribution in [3.63, 3.8) is 0 Å². The molecule has 0 aliphatic carbocycles. The number of halogens is 1. The molecule has 204 valence electrons. The average molecular weight is 535 g/mol. The number of carbonyl (C=O) groups is 1. The van der Waals surface area contributed by atoms with Gasteiger partial charge >= 0.3 is 0 Å². The number of hydrogen-bond acceptors (Lipinski definition) is 4. The van der Waals surface area contributed by atoms with E-state index in [2.05, 4.69) is 63.3 Å². The van der Waals surface area contributed by atoms with Gasteiger partial charge in [-0.05, 0) is 72.0 Å². The molecule has 2 heterocycles. The Labute approximate surface area is 236 Å². The van der Waals surface area contributed by atoms with Crippen LogP contribution in [0.5, 0.6) is 0 Å². The smallest absolute Gasteiger partial charge is 0.247 e. The highest BCUT2D eigenvalue weighted by atomic mass is 19.1. The minimum atomic E-state index is -0.311. The fourth-order valence-electron chi connectivity index (χ4n) is 5.23. The third kappa shape index (κ3) is 7.21. The summed E-state index contributed by atoms with van der Waals surface area (Å²) < 4.78 is 13.7. The predicted molar refractivity (Wildman–Crippen MR) is 159 cm³/mol. The van der Waals surface area contributed by atoms with E-state index in [0.29, 0.717) is 12.1 Å². The lowest BCUT2D eigenvalue weighted by Gasteiger charge is -2.38. The fraction of sp³-hybridized carbons (Fsp3) is 0.235. The van der Waals surface area contributed by atoms with Crippen molar-refractivity contribution in [2.45, 2.75) is 32.0 Å². The summed E-state index contributed by atoms with van der Waals surface area (Å²) in [6, 6.07) is 29.3. The molecule has 3 aromatic carbocycles. The van der Waals surface area contributed by atoms with Gasteiger partial charge in [0.05, 0.1) is 0 Å². The Bertz CT molecular complexity index is 1400. The van der Waals surface area contributed by atoms with Gasteiger partial charge in [0.15, 0.2) is 0 Å². The van der Waals surface area contributed by atoms with Crippen LogP contribution in [0.25, 0.3) is 6.08 Å². The van der Waals surface area contributed by atoms with E-state index in [0.717, 1.165) is 49.4 Å². The second-order valence-corrected chi connectivity index (χ2v) is 10.3. The molecule has 40 heavy (non-hydrogen) atoms. The van der Waals surface area contributed by atoms with Crippen LogP contribution >= 0.6 is 0 Å². The first-order chi connectivity index (χ1) is 19.5. The molecule has 0 unspecified atom stereocenters. The van der Waals surface area contributed by atoms with Crippen LogP contribution < -0.4 is 4.90 Å². The number of amides is 1. The van der Waals surface area contributed by atoms with Gasteiger partial charge in [-0.2, -0.15) is 0 Å². The topological polar surface area (TPSA) is 39.7 Å². The lowest BCUT2D eigenvalue weighted by atomic mass is 10.0. The molecule has 0 atom stereocenters. The number of piperidine rings is 1. The largest absolute Gasteiger partial charge is 0.345 e. The van der Waals surface area contributed by atoms with E-state index in [4.69, 9.17) is 0 Å². The van der Waals surface area contributed by atoms with Crippen LogP contribution in [0.1, 0.15) is 29.5 Å². The summed E-state index contributed by atoms with van der Waals surface area (Å²) in [5.74, 6) is -0.363. The summed E-state index contributed by atoms with van der Waals surface area (Å²) in [6.07, 6.45) is 8.68. The molecule has 1 saturated heterocycles. The number of carbonyl (C=O) groups excluding carboxylic acids is 1. The van der Waals surface area contributed by atoms with Crippen LogP contribution in [0.2, 0.25) is 0 Å². The van der Waals surface area contributed by atoms with Crippen molar-refractivity contribution in [2.75, 3.05) is 25.0 Å². The normalized spacial score (nSPS) is 14.3. The number of anilines is 2. The highest BCUT2D eigenvalue weighted by Crippen LogP contribution is 2.25. The number of aromatic nitrogens is 1. The second-order valence-electron chi connectivity index (χ2n) is 10.3. The van der Waals surface area contributed by atoms with Crippen LogP contribution in [-0.4, -0.2) is 46.9 Å². The monoisotopic (exact) mass is 534 g/mol. The molecule has 1 aliphatic heterocycles. The first-order valence-corrected chi connectivity index (χ1v) is 13.8. The number of rotatable bonds is 9. The van der Waals surface area contributed by atoms with Crippen LogP contribution in [0, 0.1) is 5.82 Å². The Hall–Kier alpha value is -4.29. The van der Waals surface area contributed by atoms with Gasteiger partial charge < -0.3 is 9.80 Å². The number of pyridine rings is 1. The molecule has 0 spiro atoms. The predicted octanol–water partition coefficient (Wildman–Crippen LogP) is 6.70. The van der Waals surface area contributed by atoms with Gasteiger partial charge in [0.2, 0.25) is 5.91 Å². The van der Waals surface area contributed by atoms with Crippen molar-refractivity contribution < 1.29 is 9.18 Å². The van der Waals surface area contributed by atoms with Crippen LogP contribution in [0.4, 0.5) is 15.8 Å². The zero-order valence-electron chi connectivity index (χ0n) is 22.9. The molecule has 5 rings (SSSR count). The lowest BCUT2D eigenvalue weighted by molar-refractivity contribution is -0.130. The Morgan fingerprint density at radius 3 is 2.30 bits per heavy atom. The molecule has 1 aliphatic rings. The molecule has 1 fully saturated rings. The Morgan fingerprint density at radius 2 is 1.60 bits per heavy atom. The second kappa shape index (κ2) is 13.2. The molecule has 0 bridgehead atoms. The third-order valence-corrected chi connectivity index (χ3v) is 7.52. The van der Waals surface area contributed by atoms with Crippen molar-refractivity contribution in [1.82, 2.24) is 14.8 Å². The standard InChI is InChI=1S/C34H35FN4O/c1-37(32-16-20-36-21-17-32)31-13-10-29(11-14-31)26-39(34(40)15-12-27-8-5-9-30(35)24-27)33-18-22-38(23-19-33)25-28-6-3-2-4-7-28/h2-17,20-21,24,33H,18-19,22-23,25-26H2,1H3. The highest BCUT2D eigenvalue weighted by Gasteiger charge is 2.27. The highest BCUT2D eigenvalue weighted by molar-refractivity contribution is 5.92. The van der Waals surface area contributed by atoms with E-state index in [1.807, 2.05) is 30.1 Å². The number of nitrogens with zero attached hydrogens (tertiary/aromatic N) is 4. The summed E-state index contributed by atoms with van der Waals surface area (Å²) in [6.45, 7) is 3.32. The van der Waals surface area contributed by atoms with Gasteiger partial charge in [0.25, 0.3) is 0 Å². The molecule has 0 N–H and O–H groups in total. The molecule has 0 saturated carbocycles. The summed E-state index contributed by atoms with van der Waals surface area (Å²) in [5.41, 5.74) is 5.18. The van der Waals surface area contributed by atoms with Crippen LogP contribution in [-0.2, 0) is 17.9 Å². The van der Waals surface area contributed by atoms with Crippen LogP contribution in [0.3, 0.4) is 0 Å². The van der Waals surface area contributed by atoms with E-state index in [9.17, 15) is 9.18 Å². The molecular formula is C34H35FN4O. The average Bonchev–Trinajstić information content (AvgIpc) is 3.00. The van der Waals surface area contributed by atoms with Crippen molar-refractivity contribution in [1.29, 1.82) is 0 Å². The maximum atomic E-state index is 13.7. The van der Waals surface area contributed by atoms with E-state index >= 15 is 0 Å². The molecule has 1 aromatic heterocycles. The molecular weight excluding hydrogens is 499 g/mol. The number of hydrogen-bond donors (Lipinski definition) is 0. The molecule has 6 heteroatoms. The van der Waals surface area contributed by atoms with E-state index in [1.54, 1.807) is 36.7 Å². The van der Waals surface area contributed by atoms with Gasteiger partial charge in [0, 0.05) is 69.1 Å². The Balaban J connectivity index is 1.29. The van der Waals surface area contributed by atoms with Gasteiger partial charge in [0.1, 0.15) is 5.82 Å². The first-order valence-electron chi connectivity index (χ1n) is 13.8. The molecule has 0 radical (unpaired) electrons. The quantitative estimate of drug-likeness (QED) is 0.224. The first kappa shape index (κ1) is 27.3. The van der Waals surface area contributed by atoms with Gasteiger partial charge in [-0.1, -0.05) is 54.6 Å². The Morgan fingerprint density at radius 1 is 0.900 bits per heavy atom. The fourth-order valence-corrected chi connectivity index (χ4v) is 5.23. The summed E-state index contributed by atoms with van der Waals surface area (Å²) in [4.78, 5) is 24.2. The van der Waals surface area contributed by atoms with E-state index < -0.39 is 0 Å². The van der Waals surface area contributed by atoms with Crippen molar-refractivity contribution in [3.8, 4) is 0 Å². The van der Waals surface area contributed by atoms with Gasteiger partial charge in [-0.3, -0.25) is 14.7 Å². The summed E-state index contributed by atoms with van der Waals surface area (Å²) >= 11 is 0. The molecule has 4 aromatic rings. The number of likely N-dealkylation sites (tertiary alicyclic amines) is 1. The maximum absolute atomic E-state index is 13.7. The SMILES string of the molecule is CN(c1ccncc1)c1ccc(CN(C(=O)C=Cc2cccc(F)c2)C2CCN(Cc3ccccc3)CC2)cc1. The minimum absolute atomic E-state index is 0.0521. The van der Waals surface area contributed by atoms with E-state index in [1.165, 1.54) is 17.7 Å². The third-order valence-electron chi connectivity index (χ3n) is 7.52. The van der Waals surface area contributed by atoms with Crippen molar-refractivity contribution in [3.05, 3.63) is 132 Å². The van der Waals surface area contributed by atoms with Gasteiger partial charge in [-0.25, -0.2) is 4.39 Å². The Kier molecular flexibility index (Phi) is 8.99. The lowest BCUT2D eigenvalue weighted by Crippen LogP contribution is -2.46. The van der Waals surface area contributed by atoms with Crippen molar-refractivity contribution in [2.24, 2.45) is 0 Å². The minimum Gasteiger partial charge on any atom is -0.345 e. The maximum Gasteiger partial charge on any atom is 0.247 e. The zero-order valence-corrected chi connectivity index (χ0v) is 22.9. The molecule has 1 amide bonds. The van der Waals surface area contributed by atoms with Crippen LogP contribution in [0.15, 0.2) is 109 Å². The zero-order chi connectivity index (χ0) is 27.7. The van der Waals surface area contributed by atoms with Crippen molar-refractivity contribution >= 4 is 23.4 Å². The summed E-state index contributed by atoms with van der Waals surface area (Å²) in [5, 5.41) is 0. The van der Waals surface area contributed by atoms with Gasteiger partial charge in [-0.15, -0.1) is 0 Å². The molecule has 5 nitrogen and oxygen atoms in total. The van der Waals surface area contributed by atoms with E-state index in [-0.39, 0.29) is 17.8 Å². The summed E-state index contributed by atoms with van der Waals surface area (Å²) in [7, 11) is 2.03.